The number of Topliss-reactive ketones (excluding diaryl/α,β-unsaturated/α-hetero) is 1. The molecule has 0 bridgehead atoms. The molecule has 4 fully saturated rings. The van der Waals surface area contributed by atoms with Gasteiger partial charge in [-0.1, -0.05) is 19.8 Å². The van der Waals surface area contributed by atoms with Gasteiger partial charge >= 0.3 is 0 Å². The van der Waals surface area contributed by atoms with Crippen molar-refractivity contribution in [3.05, 3.63) is 0 Å². The van der Waals surface area contributed by atoms with Gasteiger partial charge in [-0.25, -0.2) is 0 Å². The predicted molar refractivity (Wildman–Crippen MR) is 81.4 cm³/mol. The lowest BCUT2D eigenvalue weighted by Gasteiger charge is -2.59. The second-order valence-corrected chi connectivity index (χ2v) is 8.58. The summed E-state index contributed by atoms with van der Waals surface area (Å²) in [6, 6.07) is 0. The highest BCUT2D eigenvalue weighted by molar-refractivity contribution is 5.79. The average molecular weight is 274 g/mol. The molecule has 4 aliphatic rings. The minimum atomic E-state index is 0.558. The summed E-state index contributed by atoms with van der Waals surface area (Å²) in [4.78, 5) is 11.8. The van der Waals surface area contributed by atoms with Crippen LogP contribution in [0.15, 0.2) is 0 Å². The molecule has 0 spiro atoms. The summed E-state index contributed by atoms with van der Waals surface area (Å²) >= 11 is 0. The Kier molecular flexibility index (Phi) is 3.23. The molecule has 0 aromatic heterocycles. The van der Waals surface area contributed by atoms with Gasteiger partial charge in [-0.2, -0.15) is 0 Å². The van der Waals surface area contributed by atoms with Crippen LogP contribution in [0.25, 0.3) is 0 Å². The number of rotatable bonds is 0. The van der Waals surface area contributed by atoms with E-state index < -0.39 is 0 Å². The van der Waals surface area contributed by atoms with E-state index in [0.29, 0.717) is 11.2 Å². The summed E-state index contributed by atoms with van der Waals surface area (Å²) < 4.78 is 0. The van der Waals surface area contributed by atoms with E-state index in [4.69, 9.17) is 0 Å². The van der Waals surface area contributed by atoms with E-state index in [0.717, 1.165) is 42.4 Å². The molecular weight excluding hydrogens is 244 g/mol. The van der Waals surface area contributed by atoms with Crippen LogP contribution in [0.3, 0.4) is 0 Å². The molecule has 4 saturated carbocycles. The molecule has 0 N–H and O–H groups in total. The van der Waals surface area contributed by atoms with Gasteiger partial charge in [0, 0.05) is 12.8 Å². The number of hydrogen-bond donors (Lipinski definition) is 0. The third-order valence-electron chi connectivity index (χ3n) is 7.91. The summed E-state index contributed by atoms with van der Waals surface area (Å²) in [5.41, 5.74) is 0.660. The zero-order chi connectivity index (χ0) is 13.7. The maximum absolute atomic E-state index is 11.8. The first-order valence-electron chi connectivity index (χ1n) is 9.20. The average Bonchev–Trinajstić information content (AvgIpc) is 2.45. The first-order valence-corrected chi connectivity index (χ1v) is 9.20. The monoisotopic (exact) mass is 274 g/mol. The molecule has 6 atom stereocenters. The van der Waals surface area contributed by atoms with E-state index in [9.17, 15) is 4.79 Å². The van der Waals surface area contributed by atoms with Crippen molar-refractivity contribution in [2.75, 3.05) is 0 Å². The zero-order valence-corrected chi connectivity index (χ0v) is 13.1. The Morgan fingerprint density at radius 2 is 1.85 bits per heavy atom. The lowest BCUT2D eigenvalue weighted by Crippen LogP contribution is -2.51. The van der Waals surface area contributed by atoms with E-state index in [2.05, 4.69) is 6.92 Å². The molecule has 0 aliphatic heterocycles. The molecule has 0 amide bonds. The van der Waals surface area contributed by atoms with Crippen LogP contribution in [0.4, 0.5) is 0 Å². The van der Waals surface area contributed by atoms with Gasteiger partial charge in [0.1, 0.15) is 5.78 Å². The fraction of sp³-hybridized carbons (Fsp3) is 0.947. The Hall–Kier alpha value is -0.330. The summed E-state index contributed by atoms with van der Waals surface area (Å²) in [5.74, 6) is 5.23. The number of carbonyl (C=O) groups excluding carboxylic acids is 1. The lowest BCUT2D eigenvalue weighted by atomic mass is 9.46. The van der Waals surface area contributed by atoms with Crippen molar-refractivity contribution in [2.45, 2.75) is 77.6 Å². The molecule has 1 heteroatoms. The summed E-state index contributed by atoms with van der Waals surface area (Å²) in [5, 5.41) is 0. The van der Waals surface area contributed by atoms with Gasteiger partial charge in [-0.05, 0) is 80.0 Å². The van der Waals surface area contributed by atoms with E-state index in [1.165, 1.54) is 57.8 Å². The van der Waals surface area contributed by atoms with E-state index >= 15 is 0 Å². The molecule has 0 aromatic carbocycles. The Morgan fingerprint density at radius 1 is 0.950 bits per heavy atom. The highest BCUT2D eigenvalue weighted by atomic mass is 16.1. The molecule has 0 unspecified atom stereocenters. The third kappa shape index (κ3) is 1.91. The number of hydrogen-bond acceptors (Lipinski definition) is 1. The van der Waals surface area contributed by atoms with E-state index in [1.54, 1.807) is 0 Å². The number of fused-ring (bicyclic) bond motifs is 5. The fourth-order valence-electron chi connectivity index (χ4n) is 6.92. The van der Waals surface area contributed by atoms with Crippen molar-refractivity contribution >= 4 is 5.78 Å². The minimum absolute atomic E-state index is 0.558. The molecule has 0 saturated heterocycles. The van der Waals surface area contributed by atoms with Crippen LogP contribution in [0.5, 0.6) is 0 Å². The van der Waals surface area contributed by atoms with Crippen LogP contribution in [0.1, 0.15) is 77.6 Å². The minimum Gasteiger partial charge on any atom is -0.300 e. The van der Waals surface area contributed by atoms with Crippen LogP contribution >= 0.6 is 0 Å². The van der Waals surface area contributed by atoms with Gasteiger partial charge < -0.3 is 0 Å². The standard InChI is InChI=1S/C19H30O/c1-19-11-3-2-4-14(19)6-8-17-16-9-7-15(20)12-13(16)5-10-18(17)19/h13-14,16-18H,2-12H2,1H3/t13-,14-,16+,17-,18-,19-/m0/s1. The highest BCUT2D eigenvalue weighted by Crippen LogP contribution is 2.62. The van der Waals surface area contributed by atoms with Crippen molar-refractivity contribution in [1.29, 1.82) is 0 Å². The normalized spacial score (nSPS) is 51.9. The van der Waals surface area contributed by atoms with Crippen molar-refractivity contribution < 1.29 is 4.79 Å². The smallest absolute Gasteiger partial charge is 0.133 e. The van der Waals surface area contributed by atoms with Crippen LogP contribution in [-0.4, -0.2) is 5.78 Å². The largest absolute Gasteiger partial charge is 0.300 e. The fourth-order valence-corrected chi connectivity index (χ4v) is 6.92. The second kappa shape index (κ2) is 4.85. The van der Waals surface area contributed by atoms with Crippen LogP contribution in [-0.2, 0) is 4.79 Å². The van der Waals surface area contributed by atoms with Crippen molar-refractivity contribution in [3.8, 4) is 0 Å². The maximum atomic E-state index is 11.8. The van der Waals surface area contributed by atoms with Crippen molar-refractivity contribution in [3.63, 3.8) is 0 Å². The summed E-state index contributed by atoms with van der Waals surface area (Å²) in [7, 11) is 0. The first kappa shape index (κ1) is 13.3. The van der Waals surface area contributed by atoms with Crippen LogP contribution in [0.2, 0.25) is 0 Å². The molecule has 4 rings (SSSR count). The number of carbonyl (C=O) groups is 1. The van der Waals surface area contributed by atoms with Gasteiger partial charge in [0.15, 0.2) is 0 Å². The molecule has 4 aliphatic carbocycles. The Labute approximate surface area is 123 Å². The van der Waals surface area contributed by atoms with Gasteiger partial charge in [0.05, 0.1) is 0 Å². The first-order chi connectivity index (χ1) is 9.68. The van der Waals surface area contributed by atoms with Gasteiger partial charge in [-0.3, -0.25) is 4.79 Å². The topological polar surface area (TPSA) is 17.1 Å². The van der Waals surface area contributed by atoms with Gasteiger partial charge in [0.2, 0.25) is 0 Å². The molecule has 0 heterocycles. The van der Waals surface area contributed by atoms with E-state index in [1.807, 2.05) is 0 Å². The third-order valence-corrected chi connectivity index (χ3v) is 7.91. The number of ketones is 1. The van der Waals surface area contributed by atoms with Gasteiger partial charge in [-0.15, -0.1) is 0 Å². The van der Waals surface area contributed by atoms with Gasteiger partial charge in [0.25, 0.3) is 0 Å². The second-order valence-electron chi connectivity index (χ2n) is 8.58. The molecule has 112 valence electrons. The predicted octanol–water partition coefficient (Wildman–Crippen LogP) is 4.99. The zero-order valence-electron chi connectivity index (χ0n) is 13.1. The Balaban J connectivity index is 1.59. The van der Waals surface area contributed by atoms with Crippen molar-refractivity contribution in [2.24, 2.45) is 35.0 Å². The Morgan fingerprint density at radius 3 is 2.75 bits per heavy atom. The lowest BCUT2D eigenvalue weighted by molar-refractivity contribution is -0.131. The summed E-state index contributed by atoms with van der Waals surface area (Å²) in [6.45, 7) is 2.64. The summed E-state index contributed by atoms with van der Waals surface area (Å²) in [6.07, 6.45) is 14.8. The Bertz CT molecular complexity index is 401. The quantitative estimate of drug-likeness (QED) is 0.608. The highest BCUT2D eigenvalue weighted by Gasteiger charge is 2.53. The van der Waals surface area contributed by atoms with Crippen molar-refractivity contribution in [1.82, 2.24) is 0 Å². The van der Waals surface area contributed by atoms with Crippen LogP contribution < -0.4 is 0 Å². The molecule has 0 aromatic rings. The van der Waals surface area contributed by atoms with E-state index in [-0.39, 0.29) is 0 Å². The molecule has 20 heavy (non-hydrogen) atoms. The molecular formula is C19H30O. The molecule has 0 radical (unpaired) electrons. The maximum Gasteiger partial charge on any atom is 0.133 e. The SMILES string of the molecule is C[C@]12CCCC[C@H]1CC[C@H]1[C@@H]3CCC(=O)C[C@@H]3CC[C@@H]12. The van der Waals surface area contributed by atoms with Crippen LogP contribution in [0, 0.1) is 35.0 Å². The molecule has 1 nitrogen and oxygen atoms in total.